The molecule has 1 amide bonds. The first-order chi connectivity index (χ1) is 10.0. The van der Waals surface area contributed by atoms with Gasteiger partial charge in [-0.1, -0.05) is 18.9 Å². The molecule has 1 aliphatic rings. The normalized spacial score (nSPS) is 21.6. The highest BCUT2D eigenvalue weighted by Crippen LogP contribution is 2.30. The summed E-state index contributed by atoms with van der Waals surface area (Å²) in [6.45, 7) is 0. The van der Waals surface area contributed by atoms with Crippen LogP contribution in [0.15, 0.2) is 18.2 Å². The third kappa shape index (κ3) is 3.30. The Morgan fingerprint density at radius 1 is 1.43 bits per heavy atom. The number of methoxy groups -OCH3 is 1. The first-order valence-electron chi connectivity index (χ1n) is 6.92. The van der Waals surface area contributed by atoms with Gasteiger partial charge in [-0.2, -0.15) is 0 Å². The highest BCUT2D eigenvalue weighted by Gasteiger charge is 2.27. The summed E-state index contributed by atoms with van der Waals surface area (Å²) in [6.07, 6.45) is 3.78. The average molecular weight is 293 g/mol. The number of carbonyl (C=O) groups is 1. The summed E-state index contributed by atoms with van der Waals surface area (Å²) < 4.78 is 5.04. The van der Waals surface area contributed by atoms with Crippen LogP contribution in [0.3, 0.4) is 0 Å². The number of nitro benzene ring substituents is 1. The molecule has 7 nitrogen and oxygen atoms in total. The SMILES string of the molecule is COc1c(C(=O)NC2CCCCC2N)cccc1[N+](=O)[O-]. The van der Waals surface area contributed by atoms with Gasteiger partial charge in [-0.25, -0.2) is 0 Å². The number of ether oxygens (including phenoxy) is 1. The van der Waals surface area contributed by atoms with Crippen molar-refractivity contribution in [3.63, 3.8) is 0 Å². The lowest BCUT2D eigenvalue weighted by atomic mass is 9.91. The summed E-state index contributed by atoms with van der Waals surface area (Å²) in [5, 5.41) is 13.8. The molecule has 0 spiro atoms. The molecule has 0 heterocycles. The van der Waals surface area contributed by atoms with E-state index in [1.807, 2.05) is 0 Å². The van der Waals surface area contributed by atoms with Crippen LogP contribution < -0.4 is 15.8 Å². The van der Waals surface area contributed by atoms with Crippen LogP contribution in [-0.2, 0) is 0 Å². The van der Waals surface area contributed by atoms with Gasteiger partial charge in [0.1, 0.15) is 0 Å². The zero-order chi connectivity index (χ0) is 15.4. The lowest BCUT2D eigenvalue weighted by Crippen LogP contribution is -2.49. The van der Waals surface area contributed by atoms with Gasteiger partial charge in [-0.3, -0.25) is 14.9 Å². The Bertz CT molecular complexity index is 547. The third-order valence-corrected chi connectivity index (χ3v) is 3.78. The molecule has 7 heteroatoms. The standard InChI is InChI=1S/C14H19N3O4/c1-21-13-9(5-4-8-12(13)17(19)20)14(18)16-11-7-3-2-6-10(11)15/h4-5,8,10-11H,2-3,6-7,15H2,1H3,(H,16,18). The maximum absolute atomic E-state index is 12.3. The number of hydrogen-bond donors (Lipinski definition) is 2. The van der Waals surface area contributed by atoms with Gasteiger partial charge in [-0.15, -0.1) is 0 Å². The number of carbonyl (C=O) groups excluding carboxylic acids is 1. The second-order valence-corrected chi connectivity index (χ2v) is 5.14. The molecule has 2 unspecified atom stereocenters. The quantitative estimate of drug-likeness (QED) is 0.647. The van der Waals surface area contributed by atoms with Crippen molar-refractivity contribution in [2.24, 2.45) is 5.73 Å². The minimum atomic E-state index is -0.568. The fourth-order valence-electron chi connectivity index (χ4n) is 2.65. The number of nitro groups is 1. The third-order valence-electron chi connectivity index (χ3n) is 3.78. The minimum absolute atomic E-state index is 0.0237. The van der Waals surface area contributed by atoms with Gasteiger partial charge in [0.15, 0.2) is 0 Å². The molecule has 114 valence electrons. The van der Waals surface area contributed by atoms with Gasteiger partial charge in [0.05, 0.1) is 17.6 Å². The lowest BCUT2D eigenvalue weighted by Gasteiger charge is -2.29. The highest BCUT2D eigenvalue weighted by molar-refractivity contribution is 5.98. The topological polar surface area (TPSA) is 107 Å². The van der Waals surface area contributed by atoms with E-state index in [-0.39, 0.29) is 29.1 Å². The molecular formula is C14H19N3O4. The van der Waals surface area contributed by atoms with Crippen molar-refractivity contribution in [1.82, 2.24) is 5.32 Å². The highest BCUT2D eigenvalue weighted by atomic mass is 16.6. The maximum Gasteiger partial charge on any atom is 0.311 e. The van der Waals surface area contributed by atoms with Gasteiger partial charge in [0, 0.05) is 18.2 Å². The van der Waals surface area contributed by atoms with Crippen molar-refractivity contribution in [2.75, 3.05) is 7.11 Å². The Morgan fingerprint density at radius 3 is 2.76 bits per heavy atom. The molecule has 1 aromatic carbocycles. The van der Waals surface area contributed by atoms with E-state index in [0.29, 0.717) is 0 Å². The number of nitrogens with two attached hydrogens (primary N) is 1. The van der Waals surface area contributed by atoms with Crippen LogP contribution in [0.1, 0.15) is 36.0 Å². The molecule has 0 saturated heterocycles. The number of rotatable bonds is 4. The van der Waals surface area contributed by atoms with E-state index in [4.69, 9.17) is 10.5 Å². The van der Waals surface area contributed by atoms with Gasteiger partial charge in [-0.05, 0) is 18.9 Å². The van der Waals surface area contributed by atoms with Crippen molar-refractivity contribution >= 4 is 11.6 Å². The van der Waals surface area contributed by atoms with Crippen molar-refractivity contribution in [3.05, 3.63) is 33.9 Å². The van der Waals surface area contributed by atoms with Crippen LogP contribution in [0.25, 0.3) is 0 Å². The number of nitrogens with zero attached hydrogens (tertiary/aromatic N) is 1. The molecule has 2 atom stereocenters. The summed E-state index contributed by atoms with van der Waals surface area (Å²) in [7, 11) is 1.31. The molecule has 1 aliphatic carbocycles. The molecule has 0 aliphatic heterocycles. The van der Waals surface area contributed by atoms with Crippen molar-refractivity contribution in [1.29, 1.82) is 0 Å². The van der Waals surface area contributed by atoms with Crippen LogP contribution in [0.5, 0.6) is 5.75 Å². The smallest absolute Gasteiger partial charge is 0.311 e. The molecule has 2 rings (SSSR count). The molecule has 0 bridgehead atoms. The van der Waals surface area contributed by atoms with Crippen LogP contribution in [0, 0.1) is 10.1 Å². The molecule has 0 radical (unpaired) electrons. The molecule has 3 N–H and O–H groups in total. The minimum Gasteiger partial charge on any atom is -0.490 e. The van der Waals surface area contributed by atoms with Crippen molar-refractivity contribution in [2.45, 2.75) is 37.8 Å². The summed E-state index contributed by atoms with van der Waals surface area (Å²) >= 11 is 0. The molecule has 1 fully saturated rings. The fourth-order valence-corrected chi connectivity index (χ4v) is 2.65. The van der Waals surface area contributed by atoms with Gasteiger partial charge in [0.25, 0.3) is 5.91 Å². The van der Waals surface area contributed by atoms with Crippen LogP contribution in [-0.4, -0.2) is 30.0 Å². The largest absolute Gasteiger partial charge is 0.490 e. The second-order valence-electron chi connectivity index (χ2n) is 5.14. The van der Waals surface area contributed by atoms with Crippen LogP contribution in [0.2, 0.25) is 0 Å². The van der Waals surface area contributed by atoms with E-state index in [1.165, 1.54) is 25.3 Å². The van der Waals surface area contributed by atoms with Gasteiger partial charge < -0.3 is 15.8 Å². The number of nitrogens with one attached hydrogen (secondary N) is 1. The Kier molecular flexibility index (Phi) is 4.74. The number of benzene rings is 1. The molecule has 21 heavy (non-hydrogen) atoms. The lowest BCUT2D eigenvalue weighted by molar-refractivity contribution is -0.385. The summed E-state index contributed by atoms with van der Waals surface area (Å²) in [6, 6.07) is 4.11. The summed E-state index contributed by atoms with van der Waals surface area (Å²) in [5.74, 6) is -0.415. The van der Waals surface area contributed by atoms with E-state index >= 15 is 0 Å². The maximum atomic E-state index is 12.3. The number of hydrogen-bond acceptors (Lipinski definition) is 5. The van der Waals surface area contributed by atoms with Gasteiger partial charge in [0.2, 0.25) is 5.75 Å². The monoisotopic (exact) mass is 293 g/mol. The van der Waals surface area contributed by atoms with Crippen molar-refractivity contribution < 1.29 is 14.5 Å². The zero-order valence-electron chi connectivity index (χ0n) is 11.9. The zero-order valence-corrected chi connectivity index (χ0v) is 11.9. The molecule has 0 aromatic heterocycles. The summed E-state index contributed by atoms with van der Waals surface area (Å²) in [5.41, 5.74) is 5.93. The number of amides is 1. The Hall–Kier alpha value is -2.15. The number of para-hydroxylation sites is 1. The van der Waals surface area contributed by atoms with Gasteiger partial charge >= 0.3 is 5.69 Å². The first kappa shape index (κ1) is 15.2. The first-order valence-corrected chi connectivity index (χ1v) is 6.92. The molecule has 1 saturated carbocycles. The van der Waals surface area contributed by atoms with Crippen molar-refractivity contribution in [3.8, 4) is 5.75 Å². The van der Waals surface area contributed by atoms with Crippen LogP contribution in [0.4, 0.5) is 5.69 Å². The molecule has 1 aromatic rings. The Labute approximate surface area is 122 Å². The Morgan fingerprint density at radius 2 is 2.14 bits per heavy atom. The predicted molar refractivity (Wildman–Crippen MR) is 77.3 cm³/mol. The average Bonchev–Trinajstić information content (AvgIpc) is 2.48. The second kappa shape index (κ2) is 6.53. The molecular weight excluding hydrogens is 274 g/mol. The van der Waals surface area contributed by atoms with E-state index < -0.39 is 10.8 Å². The van der Waals surface area contributed by atoms with E-state index in [2.05, 4.69) is 5.32 Å². The van der Waals surface area contributed by atoms with E-state index in [1.54, 1.807) is 0 Å². The predicted octanol–water partition coefficient (Wildman–Crippen LogP) is 1.60. The summed E-state index contributed by atoms with van der Waals surface area (Å²) in [4.78, 5) is 22.7. The Balaban J connectivity index is 2.22. The van der Waals surface area contributed by atoms with E-state index in [0.717, 1.165) is 25.7 Å². The fraction of sp³-hybridized carbons (Fsp3) is 0.500. The van der Waals surface area contributed by atoms with E-state index in [9.17, 15) is 14.9 Å². The van der Waals surface area contributed by atoms with Crippen LogP contribution >= 0.6 is 0 Å².